The van der Waals surface area contributed by atoms with Gasteiger partial charge < -0.3 is 14.7 Å². The van der Waals surface area contributed by atoms with E-state index in [-0.39, 0.29) is 24.3 Å². The molecule has 0 saturated carbocycles. The Kier molecular flexibility index (Phi) is 5.69. The number of carbonyl (C=O) groups excluding carboxylic acids is 1. The first-order valence-electron chi connectivity index (χ1n) is 6.97. The normalized spacial score (nSPS) is 21.5. The Morgan fingerprint density at radius 2 is 2.23 bits per heavy atom. The molecule has 1 aromatic rings. The second-order valence-corrected chi connectivity index (χ2v) is 6.74. The molecular formula is C15H17BrClNO4. The van der Waals surface area contributed by atoms with Crippen molar-refractivity contribution < 1.29 is 19.4 Å². The molecule has 1 saturated heterocycles. The third-order valence-electron chi connectivity index (χ3n) is 3.82. The van der Waals surface area contributed by atoms with Crippen molar-refractivity contribution in [2.24, 2.45) is 11.8 Å². The maximum Gasteiger partial charge on any atom is 0.306 e. The van der Waals surface area contributed by atoms with Crippen molar-refractivity contribution in [1.29, 1.82) is 0 Å². The lowest BCUT2D eigenvalue weighted by Crippen LogP contribution is -2.46. The van der Waals surface area contributed by atoms with Crippen molar-refractivity contribution in [3.05, 3.63) is 27.7 Å². The lowest BCUT2D eigenvalue weighted by molar-refractivity contribution is -0.148. The van der Waals surface area contributed by atoms with Crippen LogP contribution in [0, 0.1) is 11.8 Å². The smallest absolute Gasteiger partial charge is 0.306 e. The Morgan fingerprint density at radius 1 is 1.50 bits per heavy atom. The highest BCUT2D eigenvalue weighted by Crippen LogP contribution is 2.28. The van der Waals surface area contributed by atoms with Crippen LogP contribution < -0.4 is 4.74 Å². The molecular weight excluding hydrogens is 374 g/mol. The number of benzene rings is 1. The van der Waals surface area contributed by atoms with E-state index < -0.39 is 5.97 Å². The van der Waals surface area contributed by atoms with E-state index in [1.54, 1.807) is 23.1 Å². The Labute approximate surface area is 142 Å². The van der Waals surface area contributed by atoms with Gasteiger partial charge in [0.25, 0.3) is 5.91 Å². The molecule has 1 aliphatic rings. The van der Waals surface area contributed by atoms with Crippen LogP contribution in [0.25, 0.3) is 0 Å². The summed E-state index contributed by atoms with van der Waals surface area (Å²) in [5.41, 5.74) is 0. The average Bonchev–Trinajstić information content (AvgIpc) is 2.45. The zero-order chi connectivity index (χ0) is 16.3. The molecule has 0 bridgehead atoms. The third-order valence-corrected chi connectivity index (χ3v) is 4.61. The van der Waals surface area contributed by atoms with Crippen LogP contribution in [0.4, 0.5) is 0 Å². The molecule has 5 nitrogen and oxygen atoms in total. The molecule has 1 aliphatic heterocycles. The predicted molar refractivity (Wildman–Crippen MR) is 86.1 cm³/mol. The number of rotatable bonds is 4. The van der Waals surface area contributed by atoms with E-state index in [0.29, 0.717) is 30.3 Å². The average molecular weight is 391 g/mol. The van der Waals surface area contributed by atoms with Crippen LogP contribution in [0.1, 0.15) is 13.3 Å². The van der Waals surface area contributed by atoms with Gasteiger partial charge in [0, 0.05) is 17.6 Å². The molecule has 1 amide bonds. The first kappa shape index (κ1) is 17.1. The van der Waals surface area contributed by atoms with Gasteiger partial charge in [-0.1, -0.05) is 34.5 Å². The Hall–Kier alpha value is -1.27. The summed E-state index contributed by atoms with van der Waals surface area (Å²) >= 11 is 9.33. The molecule has 2 unspecified atom stereocenters. The van der Waals surface area contributed by atoms with Gasteiger partial charge >= 0.3 is 5.97 Å². The van der Waals surface area contributed by atoms with Crippen molar-refractivity contribution in [3.8, 4) is 5.75 Å². The zero-order valence-corrected chi connectivity index (χ0v) is 14.4. The van der Waals surface area contributed by atoms with E-state index >= 15 is 0 Å². The van der Waals surface area contributed by atoms with Gasteiger partial charge in [0.2, 0.25) is 0 Å². The molecule has 0 radical (unpaired) electrons. The predicted octanol–water partition coefficient (Wildman–Crippen LogP) is 3.05. The first-order valence-corrected chi connectivity index (χ1v) is 8.14. The summed E-state index contributed by atoms with van der Waals surface area (Å²) in [7, 11) is 0. The quantitative estimate of drug-likeness (QED) is 0.858. The fourth-order valence-electron chi connectivity index (χ4n) is 2.56. The molecule has 7 heteroatoms. The number of carboxylic acids is 1. The first-order chi connectivity index (χ1) is 10.4. The molecule has 0 aliphatic carbocycles. The van der Waals surface area contributed by atoms with Gasteiger partial charge in [-0.25, -0.2) is 0 Å². The number of hydrogen-bond acceptors (Lipinski definition) is 3. The number of carboxylic acid groups (broad SMARTS) is 1. The third kappa shape index (κ3) is 4.14. The van der Waals surface area contributed by atoms with E-state index in [2.05, 4.69) is 15.9 Å². The summed E-state index contributed by atoms with van der Waals surface area (Å²) in [6, 6.07) is 5.17. The summed E-state index contributed by atoms with van der Waals surface area (Å²) < 4.78 is 6.29. The van der Waals surface area contributed by atoms with Crippen molar-refractivity contribution in [2.45, 2.75) is 13.3 Å². The number of hydrogen-bond donors (Lipinski definition) is 1. The Bertz CT molecular complexity index is 581. The lowest BCUT2D eigenvalue weighted by atomic mass is 9.87. The van der Waals surface area contributed by atoms with E-state index in [4.69, 9.17) is 21.4 Å². The molecule has 0 aromatic heterocycles. The van der Waals surface area contributed by atoms with Gasteiger partial charge in [-0.2, -0.15) is 0 Å². The van der Waals surface area contributed by atoms with E-state index in [0.717, 1.165) is 4.47 Å². The largest absolute Gasteiger partial charge is 0.482 e. The van der Waals surface area contributed by atoms with E-state index in [9.17, 15) is 9.59 Å². The summed E-state index contributed by atoms with van der Waals surface area (Å²) in [5.74, 6) is -0.948. The lowest BCUT2D eigenvalue weighted by Gasteiger charge is -2.34. The molecule has 0 spiro atoms. The summed E-state index contributed by atoms with van der Waals surface area (Å²) in [6.45, 7) is 2.63. The minimum atomic E-state index is -0.794. The minimum absolute atomic E-state index is 0.0635. The van der Waals surface area contributed by atoms with Crippen LogP contribution in [-0.2, 0) is 9.59 Å². The van der Waals surface area contributed by atoms with Gasteiger partial charge in [-0.3, -0.25) is 9.59 Å². The highest BCUT2D eigenvalue weighted by Gasteiger charge is 2.33. The van der Waals surface area contributed by atoms with Gasteiger partial charge in [0.15, 0.2) is 6.61 Å². The molecule has 1 fully saturated rings. The monoisotopic (exact) mass is 389 g/mol. The van der Waals surface area contributed by atoms with Crippen molar-refractivity contribution in [3.63, 3.8) is 0 Å². The fourth-order valence-corrected chi connectivity index (χ4v) is 3.29. The van der Waals surface area contributed by atoms with Crippen molar-refractivity contribution >= 4 is 39.4 Å². The topological polar surface area (TPSA) is 66.8 Å². The molecule has 120 valence electrons. The van der Waals surface area contributed by atoms with Crippen molar-refractivity contribution in [2.75, 3.05) is 19.7 Å². The van der Waals surface area contributed by atoms with Crippen LogP contribution >= 0.6 is 27.5 Å². The summed E-state index contributed by atoms with van der Waals surface area (Å²) in [4.78, 5) is 24.9. The van der Waals surface area contributed by atoms with Gasteiger partial charge in [0.05, 0.1) is 10.9 Å². The number of nitrogens with zero attached hydrogens (tertiary/aromatic N) is 1. The zero-order valence-electron chi connectivity index (χ0n) is 12.1. The van der Waals surface area contributed by atoms with E-state index in [1.807, 2.05) is 6.92 Å². The number of piperidine rings is 1. The maximum atomic E-state index is 12.2. The number of halogens is 2. The van der Waals surface area contributed by atoms with Gasteiger partial charge in [0.1, 0.15) is 5.75 Å². The second kappa shape index (κ2) is 7.33. The highest BCUT2D eigenvalue weighted by atomic mass is 79.9. The number of aliphatic carboxylic acids is 1. The number of likely N-dealkylation sites (tertiary alicyclic amines) is 1. The number of ether oxygens (including phenoxy) is 1. The van der Waals surface area contributed by atoms with Crippen LogP contribution in [0.5, 0.6) is 5.75 Å². The summed E-state index contributed by atoms with van der Waals surface area (Å²) in [6.07, 6.45) is 0.473. The molecule has 22 heavy (non-hydrogen) atoms. The van der Waals surface area contributed by atoms with Crippen molar-refractivity contribution in [1.82, 2.24) is 4.90 Å². The fraction of sp³-hybridized carbons (Fsp3) is 0.467. The van der Waals surface area contributed by atoms with Gasteiger partial charge in [-0.05, 0) is 30.5 Å². The molecule has 1 N–H and O–H groups in total. The van der Waals surface area contributed by atoms with E-state index in [1.165, 1.54) is 0 Å². The van der Waals surface area contributed by atoms with Crippen LogP contribution in [-0.4, -0.2) is 41.6 Å². The Balaban J connectivity index is 1.89. The SMILES string of the molecule is CC1CN(C(=O)COc2ccc(Br)cc2Cl)CCC1C(=O)O. The second-order valence-electron chi connectivity index (χ2n) is 5.41. The summed E-state index contributed by atoms with van der Waals surface area (Å²) in [5, 5.41) is 9.52. The van der Waals surface area contributed by atoms with Crippen LogP contribution in [0.3, 0.4) is 0 Å². The van der Waals surface area contributed by atoms with Crippen LogP contribution in [0.15, 0.2) is 22.7 Å². The maximum absolute atomic E-state index is 12.2. The molecule has 2 atom stereocenters. The Morgan fingerprint density at radius 3 is 2.82 bits per heavy atom. The highest BCUT2D eigenvalue weighted by molar-refractivity contribution is 9.10. The number of carbonyl (C=O) groups is 2. The molecule has 1 heterocycles. The minimum Gasteiger partial charge on any atom is -0.482 e. The standard InChI is InChI=1S/C15H17BrClNO4/c1-9-7-18(5-4-11(9)15(20)21)14(19)8-22-13-3-2-10(16)6-12(13)17/h2-3,6,9,11H,4-5,7-8H2,1H3,(H,20,21). The van der Waals surface area contributed by atoms with Gasteiger partial charge in [-0.15, -0.1) is 0 Å². The number of amides is 1. The molecule has 1 aromatic carbocycles. The van der Waals surface area contributed by atoms with Crippen LogP contribution in [0.2, 0.25) is 5.02 Å². The molecule has 2 rings (SSSR count).